The molecule has 1 aliphatic heterocycles. The molecule has 0 spiro atoms. The van der Waals surface area contributed by atoms with Crippen LogP contribution in [0.25, 0.3) is 0 Å². The molecule has 1 rings (SSSR count). The Morgan fingerprint density at radius 1 is 1.33 bits per heavy atom. The van der Waals surface area contributed by atoms with Crippen molar-refractivity contribution in [2.24, 2.45) is 5.84 Å². The van der Waals surface area contributed by atoms with Gasteiger partial charge in [-0.05, 0) is 0 Å². The molecule has 0 aliphatic carbocycles. The van der Waals surface area contributed by atoms with Crippen molar-refractivity contribution in [3.8, 4) is 0 Å². The molecule has 0 unspecified atom stereocenters. The normalized spacial score (nSPS) is 20.2. The standard InChI is InChI=1S/C2H6N4/c3-6-4-1-2-5-6/h1-2,4-5H,3H2. The van der Waals surface area contributed by atoms with Crippen molar-refractivity contribution >= 4 is 0 Å². The number of hydrazine groups is 3. The molecule has 0 radical (unpaired) electrons. The van der Waals surface area contributed by atoms with Gasteiger partial charge in [0.05, 0.1) is 0 Å². The summed E-state index contributed by atoms with van der Waals surface area (Å²) in [6, 6.07) is 0. The molecular formula is C2H6N4. The van der Waals surface area contributed by atoms with Crippen LogP contribution in [0.15, 0.2) is 12.4 Å². The van der Waals surface area contributed by atoms with Crippen LogP contribution in [0.3, 0.4) is 0 Å². The third-order valence-corrected chi connectivity index (χ3v) is 0.511. The molecule has 0 fully saturated rings. The van der Waals surface area contributed by atoms with Gasteiger partial charge < -0.3 is 0 Å². The Kier molecular flexibility index (Phi) is 0.664. The van der Waals surface area contributed by atoms with E-state index in [1.807, 2.05) is 0 Å². The Hall–Kier alpha value is -0.740. The fourth-order valence-corrected chi connectivity index (χ4v) is 0.272. The highest BCUT2D eigenvalue weighted by Crippen LogP contribution is 1.70. The molecule has 6 heavy (non-hydrogen) atoms. The Bertz CT molecular complexity index is 59.9. The highest BCUT2D eigenvalue weighted by atomic mass is 15.9. The zero-order chi connectivity index (χ0) is 4.41. The van der Waals surface area contributed by atoms with Gasteiger partial charge in [-0.1, -0.05) is 5.23 Å². The first kappa shape index (κ1) is 3.45. The van der Waals surface area contributed by atoms with Gasteiger partial charge in [0.2, 0.25) is 0 Å². The summed E-state index contributed by atoms with van der Waals surface area (Å²) in [5.41, 5.74) is 5.28. The quantitative estimate of drug-likeness (QED) is 0.319. The molecule has 0 bridgehead atoms. The van der Waals surface area contributed by atoms with Crippen LogP contribution < -0.4 is 16.7 Å². The van der Waals surface area contributed by atoms with Crippen LogP contribution in [0.2, 0.25) is 0 Å². The van der Waals surface area contributed by atoms with E-state index in [2.05, 4.69) is 10.9 Å². The highest BCUT2D eigenvalue weighted by Gasteiger charge is 1.90. The average Bonchev–Trinajstić information content (AvgIpc) is 1.86. The minimum atomic E-state index is 1.25. The van der Waals surface area contributed by atoms with Gasteiger partial charge in [-0.25, -0.2) is 5.84 Å². The van der Waals surface area contributed by atoms with Crippen LogP contribution in [0, 0.1) is 0 Å². The third kappa shape index (κ3) is 0.425. The van der Waals surface area contributed by atoms with E-state index in [1.54, 1.807) is 12.4 Å². The van der Waals surface area contributed by atoms with E-state index in [0.717, 1.165) is 0 Å². The monoisotopic (exact) mass is 86.1 g/mol. The van der Waals surface area contributed by atoms with E-state index in [1.165, 1.54) is 5.23 Å². The zero-order valence-corrected chi connectivity index (χ0v) is 3.18. The lowest BCUT2D eigenvalue weighted by atomic mass is 11.0. The van der Waals surface area contributed by atoms with Gasteiger partial charge in [0, 0.05) is 12.4 Å². The van der Waals surface area contributed by atoms with Crippen LogP contribution >= 0.6 is 0 Å². The smallest absolute Gasteiger partial charge is 0.0332 e. The van der Waals surface area contributed by atoms with Crippen molar-refractivity contribution in [2.45, 2.75) is 0 Å². The van der Waals surface area contributed by atoms with Crippen LogP contribution in [-0.4, -0.2) is 5.23 Å². The highest BCUT2D eigenvalue weighted by molar-refractivity contribution is 4.77. The van der Waals surface area contributed by atoms with E-state index in [0.29, 0.717) is 0 Å². The number of rotatable bonds is 0. The summed E-state index contributed by atoms with van der Waals surface area (Å²) in [7, 11) is 0. The summed E-state index contributed by atoms with van der Waals surface area (Å²) < 4.78 is 0. The van der Waals surface area contributed by atoms with Crippen LogP contribution in [0.1, 0.15) is 0 Å². The molecule has 34 valence electrons. The van der Waals surface area contributed by atoms with Crippen molar-refractivity contribution < 1.29 is 0 Å². The van der Waals surface area contributed by atoms with Gasteiger partial charge in [0.1, 0.15) is 0 Å². The summed E-state index contributed by atoms with van der Waals surface area (Å²) in [6.45, 7) is 0. The number of hydrogen-bond donors (Lipinski definition) is 3. The average molecular weight is 86.1 g/mol. The minimum absolute atomic E-state index is 1.25. The summed E-state index contributed by atoms with van der Waals surface area (Å²) >= 11 is 0. The molecule has 4 nitrogen and oxygen atoms in total. The van der Waals surface area contributed by atoms with Crippen LogP contribution in [0.4, 0.5) is 0 Å². The number of nitrogens with two attached hydrogens (primary N) is 1. The van der Waals surface area contributed by atoms with E-state index in [4.69, 9.17) is 5.84 Å². The molecule has 0 aromatic heterocycles. The van der Waals surface area contributed by atoms with Crippen molar-refractivity contribution in [3.05, 3.63) is 12.4 Å². The minimum Gasteiger partial charge on any atom is -0.293 e. The van der Waals surface area contributed by atoms with Gasteiger partial charge >= 0.3 is 0 Å². The Morgan fingerprint density at radius 2 is 1.83 bits per heavy atom. The SMILES string of the molecule is NN1NC=CN1. The lowest BCUT2D eigenvalue weighted by Gasteiger charge is -2.05. The Morgan fingerprint density at radius 3 is 2.00 bits per heavy atom. The first-order valence-corrected chi connectivity index (χ1v) is 1.62. The lowest BCUT2D eigenvalue weighted by Crippen LogP contribution is -2.43. The second-order valence-electron chi connectivity index (χ2n) is 0.962. The number of nitrogens with zero attached hydrogens (tertiary/aromatic N) is 1. The Balaban J connectivity index is 2.32. The maximum atomic E-state index is 5.08. The van der Waals surface area contributed by atoms with Gasteiger partial charge in [-0.2, -0.15) is 0 Å². The maximum absolute atomic E-state index is 5.08. The summed E-state index contributed by atoms with van der Waals surface area (Å²) in [4.78, 5) is 0. The van der Waals surface area contributed by atoms with Crippen molar-refractivity contribution in [1.29, 1.82) is 0 Å². The fourth-order valence-electron chi connectivity index (χ4n) is 0.272. The van der Waals surface area contributed by atoms with E-state index >= 15 is 0 Å². The molecule has 0 amide bonds. The summed E-state index contributed by atoms with van der Waals surface area (Å²) in [5, 5.41) is 1.25. The van der Waals surface area contributed by atoms with E-state index in [-0.39, 0.29) is 0 Å². The second kappa shape index (κ2) is 1.16. The molecule has 0 aromatic carbocycles. The van der Waals surface area contributed by atoms with Crippen molar-refractivity contribution in [1.82, 2.24) is 16.1 Å². The second-order valence-corrected chi connectivity index (χ2v) is 0.962. The molecule has 0 saturated heterocycles. The topological polar surface area (TPSA) is 53.3 Å². The van der Waals surface area contributed by atoms with Gasteiger partial charge in [0.25, 0.3) is 0 Å². The summed E-state index contributed by atoms with van der Waals surface area (Å²) in [6.07, 6.45) is 3.39. The largest absolute Gasteiger partial charge is 0.293 e. The molecule has 4 N–H and O–H groups in total. The fraction of sp³-hybridized carbons (Fsp3) is 0. The third-order valence-electron chi connectivity index (χ3n) is 0.511. The first-order valence-electron chi connectivity index (χ1n) is 1.62. The lowest BCUT2D eigenvalue weighted by molar-refractivity contribution is 0.198. The van der Waals surface area contributed by atoms with Gasteiger partial charge in [-0.15, -0.1) is 0 Å². The Labute approximate surface area is 35.5 Å². The predicted octanol–water partition coefficient (Wildman–Crippen LogP) is -1.34. The molecular weight excluding hydrogens is 80.0 g/mol. The summed E-state index contributed by atoms with van der Waals surface area (Å²) in [5.74, 6) is 5.08. The van der Waals surface area contributed by atoms with Crippen molar-refractivity contribution in [2.75, 3.05) is 0 Å². The van der Waals surface area contributed by atoms with Crippen molar-refractivity contribution in [3.63, 3.8) is 0 Å². The molecule has 1 aliphatic rings. The van der Waals surface area contributed by atoms with E-state index in [9.17, 15) is 0 Å². The van der Waals surface area contributed by atoms with Crippen LogP contribution in [0.5, 0.6) is 0 Å². The molecule has 0 atom stereocenters. The van der Waals surface area contributed by atoms with Gasteiger partial charge in [0.15, 0.2) is 0 Å². The maximum Gasteiger partial charge on any atom is 0.0332 e. The van der Waals surface area contributed by atoms with E-state index < -0.39 is 0 Å². The molecule has 1 heterocycles. The first-order chi connectivity index (χ1) is 2.89. The predicted molar refractivity (Wildman–Crippen MR) is 21.4 cm³/mol. The molecule has 0 aromatic rings. The van der Waals surface area contributed by atoms with Gasteiger partial charge in [-0.3, -0.25) is 10.9 Å². The zero-order valence-electron chi connectivity index (χ0n) is 3.18. The van der Waals surface area contributed by atoms with Crippen LogP contribution in [-0.2, 0) is 0 Å². The molecule has 0 saturated carbocycles. The number of nitrogens with one attached hydrogen (secondary N) is 2. The number of hydrogen-bond acceptors (Lipinski definition) is 4. The molecule has 4 heteroatoms.